The van der Waals surface area contributed by atoms with Gasteiger partial charge in [-0.3, -0.25) is 4.79 Å². The highest BCUT2D eigenvalue weighted by Gasteiger charge is 2.17. The second-order valence-corrected chi connectivity index (χ2v) is 4.60. The SMILES string of the molecule is CC(CC(N)=O)NC(C)CC1COCCN1. The second kappa shape index (κ2) is 6.83. The molecule has 1 rings (SSSR count). The van der Waals surface area contributed by atoms with Gasteiger partial charge in [-0.15, -0.1) is 0 Å². The number of nitrogens with one attached hydrogen (secondary N) is 2. The molecule has 1 aliphatic heterocycles. The third kappa shape index (κ3) is 5.44. The monoisotopic (exact) mass is 229 g/mol. The molecule has 1 amide bonds. The van der Waals surface area contributed by atoms with Crippen molar-refractivity contribution in [3.8, 4) is 0 Å². The number of carbonyl (C=O) groups excluding carboxylic acids is 1. The van der Waals surface area contributed by atoms with E-state index in [2.05, 4.69) is 17.6 Å². The first-order valence-electron chi connectivity index (χ1n) is 5.93. The number of carbonyl (C=O) groups is 1. The Morgan fingerprint density at radius 2 is 2.31 bits per heavy atom. The Kier molecular flexibility index (Phi) is 5.73. The fourth-order valence-electron chi connectivity index (χ4n) is 2.11. The molecule has 3 atom stereocenters. The fourth-order valence-corrected chi connectivity index (χ4v) is 2.11. The van der Waals surface area contributed by atoms with E-state index in [0.717, 1.165) is 26.2 Å². The number of ether oxygens (including phenoxy) is 1. The lowest BCUT2D eigenvalue weighted by Gasteiger charge is -2.28. The number of hydrogen-bond donors (Lipinski definition) is 3. The molecule has 16 heavy (non-hydrogen) atoms. The molecule has 0 spiro atoms. The Labute approximate surface area is 97.1 Å². The first kappa shape index (κ1) is 13.4. The molecule has 1 saturated heterocycles. The van der Waals surface area contributed by atoms with E-state index < -0.39 is 0 Å². The standard InChI is InChI=1S/C11H23N3O2/c1-8(14-9(2)6-11(12)15)5-10-7-16-4-3-13-10/h8-10,13-14H,3-7H2,1-2H3,(H2,12,15). The van der Waals surface area contributed by atoms with Gasteiger partial charge in [0.1, 0.15) is 0 Å². The van der Waals surface area contributed by atoms with Gasteiger partial charge in [-0.2, -0.15) is 0 Å². The van der Waals surface area contributed by atoms with Crippen LogP contribution in [0.4, 0.5) is 0 Å². The van der Waals surface area contributed by atoms with Crippen LogP contribution >= 0.6 is 0 Å². The van der Waals surface area contributed by atoms with Crippen LogP contribution in [0, 0.1) is 0 Å². The molecule has 0 aliphatic carbocycles. The lowest BCUT2D eigenvalue weighted by atomic mass is 10.1. The summed E-state index contributed by atoms with van der Waals surface area (Å²) in [6.07, 6.45) is 1.39. The maximum absolute atomic E-state index is 10.7. The molecule has 1 heterocycles. The number of amides is 1. The highest BCUT2D eigenvalue weighted by molar-refractivity contribution is 5.74. The quantitative estimate of drug-likeness (QED) is 0.579. The summed E-state index contributed by atoms with van der Waals surface area (Å²) in [7, 11) is 0. The van der Waals surface area contributed by atoms with Crippen LogP contribution in [-0.2, 0) is 9.53 Å². The molecule has 5 heteroatoms. The zero-order chi connectivity index (χ0) is 12.0. The summed E-state index contributed by atoms with van der Waals surface area (Å²) in [5.74, 6) is -0.258. The topological polar surface area (TPSA) is 76.4 Å². The van der Waals surface area contributed by atoms with Gasteiger partial charge in [-0.25, -0.2) is 0 Å². The van der Waals surface area contributed by atoms with Crippen molar-refractivity contribution in [3.05, 3.63) is 0 Å². The first-order chi connectivity index (χ1) is 7.58. The Bertz CT molecular complexity index is 217. The molecule has 0 aromatic carbocycles. The van der Waals surface area contributed by atoms with Crippen molar-refractivity contribution in [3.63, 3.8) is 0 Å². The van der Waals surface area contributed by atoms with Crippen molar-refractivity contribution >= 4 is 5.91 Å². The van der Waals surface area contributed by atoms with Crippen LogP contribution in [0.1, 0.15) is 26.7 Å². The molecular weight excluding hydrogens is 206 g/mol. The van der Waals surface area contributed by atoms with Crippen molar-refractivity contribution in [2.24, 2.45) is 5.73 Å². The first-order valence-corrected chi connectivity index (χ1v) is 5.93. The second-order valence-electron chi connectivity index (χ2n) is 4.60. The van der Waals surface area contributed by atoms with Gasteiger partial charge >= 0.3 is 0 Å². The van der Waals surface area contributed by atoms with E-state index in [1.807, 2.05) is 6.92 Å². The number of hydrogen-bond acceptors (Lipinski definition) is 4. The van der Waals surface area contributed by atoms with Crippen molar-refractivity contribution < 1.29 is 9.53 Å². The molecule has 1 fully saturated rings. The molecule has 1 aliphatic rings. The third-order valence-electron chi connectivity index (χ3n) is 2.71. The van der Waals surface area contributed by atoms with Crippen LogP contribution in [0.5, 0.6) is 0 Å². The van der Waals surface area contributed by atoms with Gasteiger partial charge in [-0.05, 0) is 20.3 Å². The predicted octanol–water partition coefficient (Wildman–Crippen LogP) is -0.393. The molecule has 0 aromatic rings. The van der Waals surface area contributed by atoms with Gasteiger partial charge in [0.15, 0.2) is 0 Å². The van der Waals surface area contributed by atoms with Gasteiger partial charge in [0.25, 0.3) is 0 Å². The van der Waals surface area contributed by atoms with E-state index in [1.165, 1.54) is 0 Å². The van der Waals surface area contributed by atoms with Crippen LogP contribution in [0.25, 0.3) is 0 Å². The zero-order valence-electron chi connectivity index (χ0n) is 10.2. The van der Waals surface area contributed by atoms with Crippen LogP contribution in [0.3, 0.4) is 0 Å². The van der Waals surface area contributed by atoms with Crippen molar-refractivity contribution in [1.29, 1.82) is 0 Å². The minimum atomic E-state index is -0.258. The smallest absolute Gasteiger partial charge is 0.218 e. The van der Waals surface area contributed by atoms with Crippen LogP contribution in [0.15, 0.2) is 0 Å². The summed E-state index contributed by atoms with van der Waals surface area (Å²) in [6.45, 7) is 6.60. The lowest BCUT2D eigenvalue weighted by Crippen LogP contribution is -2.46. The summed E-state index contributed by atoms with van der Waals surface area (Å²) in [6, 6.07) is 0.905. The average molecular weight is 229 g/mol. The summed E-state index contributed by atoms with van der Waals surface area (Å²) >= 11 is 0. The van der Waals surface area contributed by atoms with E-state index in [0.29, 0.717) is 18.5 Å². The Morgan fingerprint density at radius 1 is 1.56 bits per heavy atom. The number of nitrogens with two attached hydrogens (primary N) is 1. The van der Waals surface area contributed by atoms with Crippen LogP contribution in [0.2, 0.25) is 0 Å². The van der Waals surface area contributed by atoms with Gasteiger partial charge in [-0.1, -0.05) is 0 Å². The minimum Gasteiger partial charge on any atom is -0.379 e. The van der Waals surface area contributed by atoms with Crippen molar-refractivity contribution in [2.75, 3.05) is 19.8 Å². The van der Waals surface area contributed by atoms with Crippen molar-refractivity contribution in [1.82, 2.24) is 10.6 Å². The molecule has 0 bridgehead atoms. The highest BCUT2D eigenvalue weighted by Crippen LogP contribution is 2.04. The molecule has 5 nitrogen and oxygen atoms in total. The maximum atomic E-state index is 10.7. The molecule has 3 unspecified atom stereocenters. The molecule has 94 valence electrons. The van der Waals surface area contributed by atoms with Gasteiger partial charge < -0.3 is 21.1 Å². The minimum absolute atomic E-state index is 0.136. The zero-order valence-corrected chi connectivity index (χ0v) is 10.2. The maximum Gasteiger partial charge on any atom is 0.218 e. The summed E-state index contributed by atoms with van der Waals surface area (Å²) in [4.78, 5) is 10.7. The fraction of sp³-hybridized carbons (Fsp3) is 0.909. The molecular formula is C11H23N3O2. The van der Waals surface area contributed by atoms with E-state index >= 15 is 0 Å². The highest BCUT2D eigenvalue weighted by atomic mass is 16.5. The largest absolute Gasteiger partial charge is 0.379 e. The number of primary amides is 1. The van der Waals surface area contributed by atoms with E-state index in [4.69, 9.17) is 10.5 Å². The van der Waals surface area contributed by atoms with E-state index in [1.54, 1.807) is 0 Å². The molecule has 4 N–H and O–H groups in total. The normalized spacial score (nSPS) is 25.0. The summed E-state index contributed by atoms with van der Waals surface area (Å²) in [5, 5.41) is 6.77. The number of morpholine rings is 1. The summed E-state index contributed by atoms with van der Waals surface area (Å²) in [5.41, 5.74) is 5.14. The Hall–Kier alpha value is -0.650. The molecule has 0 saturated carbocycles. The van der Waals surface area contributed by atoms with Crippen LogP contribution in [-0.4, -0.2) is 43.8 Å². The number of rotatable bonds is 6. The van der Waals surface area contributed by atoms with E-state index in [-0.39, 0.29) is 11.9 Å². The predicted molar refractivity (Wildman–Crippen MR) is 63.1 cm³/mol. The molecule has 0 radical (unpaired) electrons. The third-order valence-corrected chi connectivity index (χ3v) is 2.71. The van der Waals surface area contributed by atoms with Gasteiger partial charge in [0.2, 0.25) is 5.91 Å². The Balaban J connectivity index is 2.18. The Morgan fingerprint density at radius 3 is 2.88 bits per heavy atom. The van der Waals surface area contributed by atoms with Crippen molar-refractivity contribution in [2.45, 2.75) is 44.8 Å². The lowest BCUT2D eigenvalue weighted by molar-refractivity contribution is -0.118. The molecule has 0 aromatic heterocycles. The average Bonchev–Trinajstić information content (AvgIpc) is 2.17. The van der Waals surface area contributed by atoms with Gasteiger partial charge in [0, 0.05) is 31.1 Å². The van der Waals surface area contributed by atoms with Crippen LogP contribution < -0.4 is 16.4 Å². The van der Waals surface area contributed by atoms with Gasteiger partial charge in [0.05, 0.1) is 13.2 Å². The summed E-state index contributed by atoms with van der Waals surface area (Å²) < 4.78 is 5.39. The van der Waals surface area contributed by atoms with E-state index in [9.17, 15) is 4.79 Å².